The lowest BCUT2D eigenvalue weighted by Gasteiger charge is -2.32. The summed E-state index contributed by atoms with van der Waals surface area (Å²) in [6.45, 7) is 10.6. The second kappa shape index (κ2) is 14.2. The van der Waals surface area contributed by atoms with E-state index < -0.39 is 0 Å². The standard InChI is InChI=1S/C26H35N3O3S.2ClH/c1-5-31-23-12-11-20(17-24(23)32-6-2)26-29(30-4)19-25(33-26)22-10-8-7-9-21(22)18-28-15-13-27(3)14-16-28;;/h7-12,17,19,26H,5-6,13-16,18H2,1-4H3;2*1H. The highest BCUT2D eigenvalue weighted by Gasteiger charge is 2.30. The van der Waals surface area contributed by atoms with Crippen LogP contribution in [0.5, 0.6) is 11.5 Å². The molecule has 0 aliphatic carbocycles. The molecule has 194 valence electrons. The minimum absolute atomic E-state index is 0. The number of nitrogens with zero attached hydrogens (tertiary/aromatic N) is 3. The van der Waals surface area contributed by atoms with Crippen molar-refractivity contribution in [1.82, 2.24) is 14.9 Å². The molecule has 2 aromatic carbocycles. The van der Waals surface area contributed by atoms with E-state index in [9.17, 15) is 0 Å². The summed E-state index contributed by atoms with van der Waals surface area (Å²) in [5.74, 6) is 1.55. The van der Waals surface area contributed by atoms with Crippen LogP contribution < -0.4 is 9.47 Å². The second-order valence-electron chi connectivity index (χ2n) is 8.31. The van der Waals surface area contributed by atoms with Gasteiger partial charge in [0.05, 0.1) is 20.3 Å². The normalized spacial score (nSPS) is 18.5. The number of likely N-dealkylation sites (N-methyl/N-ethyl adjacent to an activating group) is 1. The van der Waals surface area contributed by atoms with E-state index in [1.54, 1.807) is 7.11 Å². The molecule has 0 bridgehead atoms. The molecule has 1 unspecified atom stereocenters. The van der Waals surface area contributed by atoms with Gasteiger partial charge in [-0.2, -0.15) is 0 Å². The van der Waals surface area contributed by atoms with Crippen LogP contribution in [0.3, 0.4) is 0 Å². The highest BCUT2D eigenvalue weighted by Crippen LogP contribution is 2.50. The van der Waals surface area contributed by atoms with Gasteiger partial charge in [0.25, 0.3) is 0 Å². The van der Waals surface area contributed by atoms with Crippen LogP contribution in [0.1, 0.15) is 35.9 Å². The van der Waals surface area contributed by atoms with Crippen molar-refractivity contribution in [1.29, 1.82) is 0 Å². The fraction of sp³-hybridized carbons (Fsp3) is 0.462. The highest BCUT2D eigenvalue weighted by atomic mass is 35.5. The number of benzene rings is 2. The lowest BCUT2D eigenvalue weighted by molar-refractivity contribution is -0.0950. The minimum atomic E-state index is 0. The Morgan fingerprint density at radius 3 is 2.29 bits per heavy atom. The van der Waals surface area contributed by atoms with Gasteiger partial charge in [0.15, 0.2) is 11.5 Å². The van der Waals surface area contributed by atoms with Gasteiger partial charge in [-0.1, -0.05) is 42.1 Å². The predicted octanol–water partition coefficient (Wildman–Crippen LogP) is 5.68. The van der Waals surface area contributed by atoms with E-state index in [1.165, 1.54) is 16.0 Å². The van der Waals surface area contributed by atoms with Crippen molar-refractivity contribution in [2.75, 3.05) is 53.6 Å². The lowest BCUT2D eigenvalue weighted by atomic mass is 10.1. The fourth-order valence-electron chi connectivity index (χ4n) is 4.25. The molecule has 1 atom stereocenters. The van der Waals surface area contributed by atoms with Crippen molar-refractivity contribution in [2.45, 2.75) is 25.8 Å². The van der Waals surface area contributed by atoms with E-state index in [-0.39, 0.29) is 30.2 Å². The van der Waals surface area contributed by atoms with Crippen molar-refractivity contribution in [3.05, 3.63) is 65.4 Å². The van der Waals surface area contributed by atoms with E-state index in [0.29, 0.717) is 13.2 Å². The third kappa shape index (κ3) is 7.21. The number of hydroxylamine groups is 2. The van der Waals surface area contributed by atoms with Crippen LogP contribution in [-0.2, 0) is 11.4 Å². The Balaban J connectivity index is 0.00000216. The van der Waals surface area contributed by atoms with Gasteiger partial charge in [-0.05, 0) is 49.7 Å². The first-order valence-corrected chi connectivity index (χ1v) is 12.6. The van der Waals surface area contributed by atoms with Crippen LogP contribution in [0.25, 0.3) is 4.91 Å². The Morgan fingerprint density at radius 1 is 0.914 bits per heavy atom. The van der Waals surface area contributed by atoms with E-state index in [1.807, 2.05) is 36.7 Å². The Morgan fingerprint density at radius 2 is 1.60 bits per heavy atom. The summed E-state index contributed by atoms with van der Waals surface area (Å²) in [6, 6.07) is 14.9. The Bertz CT molecular complexity index is 971. The highest BCUT2D eigenvalue weighted by molar-refractivity contribution is 8.08. The lowest BCUT2D eigenvalue weighted by Crippen LogP contribution is -2.43. The molecule has 2 aromatic rings. The third-order valence-corrected chi connectivity index (χ3v) is 7.33. The van der Waals surface area contributed by atoms with Crippen molar-refractivity contribution in [2.24, 2.45) is 0 Å². The molecule has 2 aliphatic rings. The number of rotatable bonds is 9. The van der Waals surface area contributed by atoms with Crippen molar-refractivity contribution < 1.29 is 14.3 Å². The zero-order valence-electron chi connectivity index (χ0n) is 20.9. The molecule has 9 heteroatoms. The number of halogens is 2. The van der Waals surface area contributed by atoms with Crippen LogP contribution in [0, 0.1) is 0 Å². The first kappa shape index (κ1) is 29.6. The summed E-state index contributed by atoms with van der Waals surface area (Å²) >= 11 is 1.81. The number of ether oxygens (including phenoxy) is 2. The number of piperazine rings is 1. The summed E-state index contributed by atoms with van der Waals surface area (Å²) in [5.41, 5.74) is 3.76. The summed E-state index contributed by atoms with van der Waals surface area (Å²) in [6.07, 6.45) is 2.12. The predicted molar refractivity (Wildman–Crippen MR) is 150 cm³/mol. The minimum Gasteiger partial charge on any atom is -0.490 e. The van der Waals surface area contributed by atoms with Crippen molar-refractivity contribution in [3.63, 3.8) is 0 Å². The summed E-state index contributed by atoms with van der Waals surface area (Å²) in [7, 11) is 3.92. The summed E-state index contributed by atoms with van der Waals surface area (Å²) in [5, 5.41) is 1.94. The number of hydrogen-bond donors (Lipinski definition) is 0. The SMILES string of the molecule is CCOc1ccc(C2SC(c3ccccc3CN3CCN(C)CC3)=CN2OC)cc1OCC.Cl.Cl. The molecule has 4 rings (SSSR count). The van der Waals surface area contributed by atoms with Crippen LogP contribution >= 0.6 is 36.6 Å². The maximum atomic E-state index is 5.86. The first-order chi connectivity index (χ1) is 16.1. The first-order valence-electron chi connectivity index (χ1n) is 11.7. The molecule has 0 radical (unpaired) electrons. The summed E-state index contributed by atoms with van der Waals surface area (Å²) < 4.78 is 11.6. The van der Waals surface area contributed by atoms with Gasteiger partial charge in [0.1, 0.15) is 5.37 Å². The topological polar surface area (TPSA) is 37.4 Å². The number of thioether (sulfide) groups is 1. The molecular formula is C26H37Cl2N3O3S. The molecule has 0 N–H and O–H groups in total. The van der Waals surface area contributed by atoms with Gasteiger partial charge in [-0.25, -0.2) is 5.06 Å². The van der Waals surface area contributed by atoms with Gasteiger partial charge in [0, 0.05) is 43.8 Å². The van der Waals surface area contributed by atoms with Crippen molar-refractivity contribution >= 4 is 41.5 Å². The van der Waals surface area contributed by atoms with Gasteiger partial charge >= 0.3 is 0 Å². The van der Waals surface area contributed by atoms with Crippen LogP contribution in [0.15, 0.2) is 48.7 Å². The molecule has 1 saturated heterocycles. The Hall–Kier alpha value is -1.61. The molecule has 0 aromatic heterocycles. The molecule has 0 spiro atoms. The second-order valence-corrected chi connectivity index (χ2v) is 9.44. The third-order valence-electron chi connectivity index (χ3n) is 6.05. The molecule has 6 nitrogen and oxygen atoms in total. The van der Waals surface area contributed by atoms with Crippen LogP contribution in [0.2, 0.25) is 0 Å². The largest absolute Gasteiger partial charge is 0.490 e. The zero-order valence-corrected chi connectivity index (χ0v) is 23.4. The van der Waals surface area contributed by atoms with Gasteiger partial charge in [-0.3, -0.25) is 9.74 Å². The monoisotopic (exact) mass is 541 g/mol. The van der Waals surface area contributed by atoms with Gasteiger partial charge in [-0.15, -0.1) is 24.8 Å². The van der Waals surface area contributed by atoms with E-state index in [4.69, 9.17) is 14.3 Å². The maximum Gasteiger partial charge on any atom is 0.161 e. The molecule has 1 fully saturated rings. The molecular weight excluding hydrogens is 505 g/mol. The van der Waals surface area contributed by atoms with E-state index in [0.717, 1.165) is 49.8 Å². The Kier molecular flexibility index (Phi) is 12.0. The molecule has 0 amide bonds. The van der Waals surface area contributed by atoms with Gasteiger partial charge < -0.3 is 14.4 Å². The molecule has 2 aliphatic heterocycles. The quantitative estimate of drug-likeness (QED) is 0.404. The van der Waals surface area contributed by atoms with Crippen molar-refractivity contribution in [3.8, 4) is 11.5 Å². The average Bonchev–Trinajstić information content (AvgIpc) is 3.27. The smallest absolute Gasteiger partial charge is 0.161 e. The van der Waals surface area contributed by atoms with Crippen LogP contribution in [0.4, 0.5) is 0 Å². The maximum absolute atomic E-state index is 5.86. The van der Waals surface area contributed by atoms with E-state index >= 15 is 0 Å². The Labute approximate surface area is 226 Å². The number of hydrogen-bond acceptors (Lipinski definition) is 7. The van der Waals surface area contributed by atoms with Crippen LogP contribution in [-0.4, -0.2) is 68.4 Å². The van der Waals surface area contributed by atoms with E-state index in [2.05, 4.69) is 59.4 Å². The fourth-order valence-corrected chi connectivity index (χ4v) is 5.51. The molecule has 35 heavy (non-hydrogen) atoms. The molecule has 2 heterocycles. The average molecular weight is 543 g/mol. The molecule has 0 saturated carbocycles. The zero-order chi connectivity index (χ0) is 23.2. The van der Waals surface area contributed by atoms with Gasteiger partial charge in [0.2, 0.25) is 0 Å². The summed E-state index contributed by atoms with van der Waals surface area (Å²) in [4.78, 5) is 11.9.